The van der Waals surface area contributed by atoms with Gasteiger partial charge < -0.3 is 5.32 Å². The van der Waals surface area contributed by atoms with Gasteiger partial charge in [0.25, 0.3) is 0 Å². The largest absolute Gasteiger partial charge is 0.307 e. The lowest BCUT2D eigenvalue weighted by atomic mass is 10.1. The summed E-state index contributed by atoms with van der Waals surface area (Å²) in [5.74, 6) is 2.45. The molecule has 0 radical (unpaired) electrons. The van der Waals surface area contributed by atoms with Crippen molar-refractivity contribution in [3.8, 4) is 0 Å². The molecule has 1 N–H and O–H groups in total. The Bertz CT molecular complexity index is 505. The van der Waals surface area contributed by atoms with Crippen LogP contribution >= 0.6 is 11.8 Å². The molecule has 0 saturated carbocycles. The zero-order valence-electron chi connectivity index (χ0n) is 11.4. The topological polar surface area (TPSA) is 46.2 Å². The summed E-state index contributed by atoms with van der Waals surface area (Å²) in [5.41, 5.74) is 1.14. The van der Waals surface area contributed by atoms with E-state index in [2.05, 4.69) is 12.2 Å². The molecule has 106 valence electrons. The Labute approximate surface area is 120 Å². The highest BCUT2D eigenvalue weighted by molar-refractivity contribution is 7.99. The molecule has 1 saturated heterocycles. The predicted octanol–water partition coefficient (Wildman–Crippen LogP) is 2.64. The Balaban J connectivity index is 2.01. The molecule has 19 heavy (non-hydrogen) atoms. The predicted molar refractivity (Wildman–Crippen MR) is 81.4 cm³/mol. The van der Waals surface area contributed by atoms with Gasteiger partial charge in [-0.3, -0.25) is 0 Å². The highest BCUT2D eigenvalue weighted by atomic mass is 32.2. The average molecular weight is 299 g/mol. The SMILES string of the molecule is CC(NC1CCCSC1)c1ccc(S(C)(=O)=O)cc1. The minimum atomic E-state index is -3.10. The molecule has 0 bridgehead atoms. The van der Waals surface area contributed by atoms with E-state index in [1.165, 1.54) is 30.6 Å². The quantitative estimate of drug-likeness (QED) is 0.928. The third kappa shape index (κ3) is 4.23. The summed E-state index contributed by atoms with van der Waals surface area (Å²) in [5, 5.41) is 3.62. The van der Waals surface area contributed by atoms with Crippen LogP contribution < -0.4 is 5.32 Å². The number of benzene rings is 1. The highest BCUT2D eigenvalue weighted by Gasteiger charge is 2.17. The van der Waals surface area contributed by atoms with Crippen LogP contribution in [0.15, 0.2) is 29.2 Å². The molecule has 1 aliphatic rings. The van der Waals surface area contributed by atoms with E-state index in [1.807, 2.05) is 23.9 Å². The first-order valence-electron chi connectivity index (χ1n) is 6.60. The van der Waals surface area contributed by atoms with Gasteiger partial charge in [-0.05, 0) is 43.2 Å². The first-order chi connectivity index (χ1) is 8.97. The fourth-order valence-corrected chi connectivity index (χ4v) is 4.04. The zero-order valence-corrected chi connectivity index (χ0v) is 13.1. The van der Waals surface area contributed by atoms with Gasteiger partial charge in [0, 0.05) is 24.1 Å². The molecule has 1 heterocycles. The minimum Gasteiger partial charge on any atom is -0.307 e. The first-order valence-corrected chi connectivity index (χ1v) is 9.65. The number of hydrogen-bond donors (Lipinski definition) is 1. The second-order valence-electron chi connectivity index (χ2n) is 5.14. The standard InChI is InChI=1S/C14H21NO2S2/c1-11(15-13-4-3-9-18-10-13)12-5-7-14(8-6-12)19(2,16)17/h5-8,11,13,15H,3-4,9-10H2,1-2H3. The zero-order chi connectivity index (χ0) is 13.9. The molecular formula is C14H21NO2S2. The van der Waals surface area contributed by atoms with E-state index in [0.717, 1.165) is 5.56 Å². The summed E-state index contributed by atoms with van der Waals surface area (Å²) < 4.78 is 22.8. The van der Waals surface area contributed by atoms with Crippen molar-refractivity contribution < 1.29 is 8.42 Å². The summed E-state index contributed by atoms with van der Waals surface area (Å²) in [6, 6.07) is 8.03. The summed E-state index contributed by atoms with van der Waals surface area (Å²) in [6.45, 7) is 2.13. The molecule has 0 spiro atoms. The van der Waals surface area contributed by atoms with Crippen molar-refractivity contribution in [1.82, 2.24) is 5.32 Å². The number of rotatable bonds is 4. The Morgan fingerprint density at radius 2 is 2.00 bits per heavy atom. The van der Waals surface area contributed by atoms with Crippen LogP contribution in [0, 0.1) is 0 Å². The van der Waals surface area contributed by atoms with E-state index < -0.39 is 9.84 Å². The molecule has 0 aromatic heterocycles. The molecule has 3 nitrogen and oxygen atoms in total. The van der Waals surface area contributed by atoms with Gasteiger partial charge in [0.15, 0.2) is 9.84 Å². The lowest BCUT2D eigenvalue weighted by molar-refractivity contribution is 0.452. The molecule has 1 fully saturated rings. The Morgan fingerprint density at radius 1 is 1.32 bits per heavy atom. The second-order valence-corrected chi connectivity index (χ2v) is 8.31. The van der Waals surface area contributed by atoms with E-state index in [4.69, 9.17) is 0 Å². The molecule has 1 aromatic rings. The van der Waals surface area contributed by atoms with Crippen molar-refractivity contribution in [3.05, 3.63) is 29.8 Å². The Hall–Kier alpha value is -0.520. The maximum atomic E-state index is 11.4. The normalized spacial score (nSPS) is 22.1. The fraction of sp³-hybridized carbons (Fsp3) is 0.571. The molecule has 0 aliphatic carbocycles. The lowest BCUT2D eigenvalue weighted by Crippen LogP contribution is -2.35. The van der Waals surface area contributed by atoms with Gasteiger partial charge in [0.1, 0.15) is 0 Å². The molecule has 1 aliphatic heterocycles. The summed E-state index contributed by atoms with van der Waals surface area (Å²) in [4.78, 5) is 0.386. The number of hydrogen-bond acceptors (Lipinski definition) is 4. The van der Waals surface area contributed by atoms with Crippen LogP contribution in [-0.4, -0.2) is 32.2 Å². The highest BCUT2D eigenvalue weighted by Crippen LogP contribution is 2.21. The number of nitrogens with one attached hydrogen (secondary N) is 1. The van der Waals surface area contributed by atoms with Gasteiger partial charge in [-0.1, -0.05) is 12.1 Å². The average Bonchev–Trinajstić information content (AvgIpc) is 2.39. The van der Waals surface area contributed by atoms with Gasteiger partial charge in [-0.25, -0.2) is 8.42 Å². The molecule has 2 atom stereocenters. The van der Waals surface area contributed by atoms with Crippen LogP contribution in [0.5, 0.6) is 0 Å². The lowest BCUT2D eigenvalue weighted by Gasteiger charge is -2.26. The second kappa shape index (κ2) is 6.29. The summed E-state index contributed by atoms with van der Waals surface area (Å²) in [7, 11) is -3.10. The van der Waals surface area contributed by atoms with Crippen molar-refractivity contribution in [2.24, 2.45) is 0 Å². The van der Waals surface area contributed by atoms with Crippen molar-refractivity contribution >= 4 is 21.6 Å². The van der Waals surface area contributed by atoms with Gasteiger partial charge in [0.2, 0.25) is 0 Å². The molecule has 0 amide bonds. The summed E-state index contributed by atoms with van der Waals surface area (Å²) in [6.07, 6.45) is 3.75. The molecule has 5 heteroatoms. The third-order valence-electron chi connectivity index (χ3n) is 3.45. The molecule has 2 rings (SSSR count). The molecule has 1 aromatic carbocycles. The Kier molecular flexibility index (Phi) is 4.92. The monoisotopic (exact) mass is 299 g/mol. The van der Waals surface area contributed by atoms with Crippen LogP contribution in [0.3, 0.4) is 0 Å². The van der Waals surface area contributed by atoms with E-state index in [1.54, 1.807) is 12.1 Å². The van der Waals surface area contributed by atoms with Gasteiger partial charge >= 0.3 is 0 Å². The summed E-state index contributed by atoms with van der Waals surface area (Å²) >= 11 is 2.00. The minimum absolute atomic E-state index is 0.261. The Morgan fingerprint density at radius 3 is 2.53 bits per heavy atom. The maximum absolute atomic E-state index is 11.4. The van der Waals surface area contributed by atoms with Gasteiger partial charge in [-0.2, -0.15) is 11.8 Å². The van der Waals surface area contributed by atoms with Crippen LogP contribution in [0.2, 0.25) is 0 Å². The smallest absolute Gasteiger partial charge is 0.175 e. The van der Waals surface area contributed by atoms with Crippen molar-refractivity contribution in [1.29, 1.82) is 0 Å². The maximum Gasteiger partial charge on any atom is 0.175 e. The van der Waals surface area contributed by atoms with E-state index in [0.29, 0.717) is 10.9 Å². The van der Waals surface area contributed by atoms with Gasteiger partial charge in [-0.15, -0.1) is 0 Å². The van der Waals surface area contributed by atoms with Crippen LogP contribution in [0.4, 0.5) is 0 Å². The fourth-order valence-electron chi connectivity index (χ4n) is 2.33. The molecular weight excluding hydrogens is 278 g/mol. The van der Waals surface area contributed by atoms with Crippen molar-refractivity contribution in [2.45, 2.75) is 36.7 Å². The van der Waals surface area contributed by atoms with Crippen LogP contribution in [0.25, 0.3) is 0 Å². The third-order valence-corrected chi connectivity index (χ3v) is 5.80. The van der Waals surface area contributed by atoms with Crippen molar-refractivity contribution in [2.75, 3.05) is 17.8 Å². The van der Waals surface area contributed by atoms with Crippen molar-refractivity contribution in [3.63, 3.8) is 0 Å². The van der Waals surface area contributed by atoms with Gasteiger partial charge in [0.05, 0.1) is 4.90 Å². The van der Waals surface area contributed by atoms with Crippen LogP contribution in [0.1, 0.15) is 31.4 Å². The van der Waals surface area contributed by atoms with E-state index >= 15 is 0 Å². The van der Waals surface area contributed by atoms with Crippen LogP contribution in [-0.2, 0) is 9.84 Å². The number of sulfone groups is 1. The van der Waals surface area contributed by atoms with E-state index in [-0.39, 0.29) is 6.04 Å². The van der Waals surface area contributed by atoms with E-state index in [9.17, 15) is 8.42 Å². The molecule has 2 unspecified atom stereocenters. The number of thioether (sulfide) groups is 1. The first kappa shape index (κ1) is 14.9.